The molecule has 7 nitrogen and oxygen atoms in total. The average Bonchev–Trinajstić information content (AvgIpc) is 2.78. The van der Waals surface area contributed by atoms with Gasteiger partial charge in [0.25, 0.3) is 11.1 Å². The van der Waals surface area contributed by atoms with Gasteiger partial charge in [0.1, 0.15) is 17.1 Å². The Morgan fingerprint density at radius 2 is 2.24 bits per heavy atom. The standard InChI is InChI=1S/C13H14N2O5S/c1-20-9-4-2-3-8(16)11(9)12(18)14-5-6-15-10(17)7-21-13(15)19/h2-4,16H,5-7H2,1H3,(H,14,18). The third-order valence-electron chi connectivity index (χ3n) is 2.91. The molecule has 1 heterocycles. The number of amides is 3. The van der Waals surface area contributed by atoms with E-state index >= 15 is 0 Å². The van der Waals surface area contributed by atoms with Gasteiger partial charge in [0, 0.05) is 13.1 Å². The SMILES string of the molecule is COc1cccc(O)c1C(=O)NCCN1C(=O)CSC1=O. The first-order chi connectivity index (χ1) is 10.0. The number of thioether (sulfide) groups is 1. The van der Waals surface area contributed by atoms with Gasteiger partial charge in [-0.05, 0) is 12.1 Å². The van der Waals surface area contributed by atoms with Crippen molar-refractivity contribution < 1.29 is 24.2 Å². The molecule has 2 N–H and O–H groups in total. The quantitative estimate of drug-likeness (QED) is 0.836. The Bertz CT molecular complexity index is 574. The van der Waals surface area contributed by atoms with Crippen LogP contribution in [0.2, 0.25) is 0 Å². The van der Waals surface area contributed by atoms with Gasteiger partial charge in [0.2, 0.25) is 5.91 Å². The van der Waals surface area contributed by atoms with Gasteiger partial charge in [-0.3, -0.25) is 19.3 Å². The summed E-state index contributed by atoms with van der Waals surface area (Å²) in [7, 11) is 1.39. The number of hydrogen-bond donors (Lipinski definition) is 2. The molecule has 0 spiro atoms. The molecule has 21 heavy (non-hydrogen) atoms. The molecule has 1 aliphatic heterocycles. The maximum atomic E-state index is 12.0. The number of methoxy groups -OCH3 is 1. The van der Waals surface area contributed by atoms with Gasteiger partial charge in [-0.15, -0.1) is 0 Å². The molecule has 0 saturated carbocycles. The zero-order chi connectivity index (χ0) is 15.4. The van der Waals surface area contributed by atoms with Crippen molar-refractivity contribution in [3.8, 4) is 11.5 Å². The molecule has 1 fully saturated rings. The lowest BCUT2D eigenvalue weighted by Crippen LogP contribution is -2.37. The van der Waals surface area contributed by atoms with E-state index in [0.717, 1.165) is 16.7 Å². The summed E-state index contributed by atoms with van der Waals surface area (Å²) in [4.78, 5) is 35.9. The summed E-state index contributed by atoms with van der Waals surface area (Å²) in [6, 6.07) is 4.49. The van der Waals surface area contributed by atoms with E-state index in [1.807, 2.05) is 0 Å². The molecule has 2 rings (SSSR count). The number of carbonyl (C=O) groups is 3. The molecule has 0 aliphatic carbocycles. The van der Waals surface area contributed by atoms with E-state index in [4.69, 9.17) is 4.74 Å². The van der Waals surface area contributed by atoms with Crippen molar-refractivity contribution in [2.75, 3.05) is 26.0 Å². The highest BCUT2D eigenvalue weighted by Gasteiger charge is 2.29. The third-order valence-corrected chi connectivity index (χ3v) is 3.77. The zero-order valence-corrected chi connectivity index (χ0v) is 12.1. The zero-order valence-electron chi connectivity index (χ0n) is 11.3. The van der Waals surface area contributed by atoms with Crippen molar-refractivity contribution in [2.45, 2.75) is 0 Å². The Hall–Kier alpha value is -2.22. The Morgan fingerprint density at radius 3 is 2.86 bits per heavy atom. The number of rotatable bonds is 5. The fraction of sp³-hybridized carbons (Fsp3) is 0.308. The number of benzene rings is 1. The predicted molar refractivity (Wildman–Crippen MR) is 76.6 cm³/mol. The lowest BCUT2D eigenvalue weighted by atomic mass is 10.1. The minimum atomic E-state index is -0.531. The van der Waals surface area contributed by atoms with Gasteiger partial charge in [-0.2, -0.15) is 0 Å². The second-order valence-corrected chi connectivity index (χ2v) is 5.14. The average molecular weight is 310 g/mol. The summed E-state index contributed by atoms with van der Waals surface area (Å²) >= 11 is 0.942. The molecule has 0 unspecified atom stereocenters. The number of nitrogens with one attached hydrogen (secondary N) is 1. The van der Waals surface area contributed by atoms with Crippen LogP contribution in [0.15, 0.2) is 18.2 Å². The number of ether oxygens (including phenoxy) is 1. The van der Waals surface area contributed by atoms with E-state index in [9.17, 15) is 19.5 Å². The molecule has 1 saturated heterocycles. The topological polar surface area (TPSA) is 95.9 Å². The van der Waals surface area contributed by atoms with E-state index in [2.05, 4.69) is 5.32 Å². The molecule has 8 heteroatoms. The molecule has 1 aromatic rings. The van der Waals surface area contributed by atoms with Crippen LogP contribution < -0.4 is 10.1 Å². The highest BCUT2D eigenvalue weighted by molar-refractivity contribution is 8.14. The largest absolute Gasteiger partial charge is 0.507 e. The summed E-state index contributed by atoms with van der Waals surface area (Å²) in [5, 5.41) is 12.0. The number of phenols is 1. The number of aromatic hydroxyl groups is 1. The van der Waals surface area contributed by atoms with Gasteiger partial charge in [-0.25, -0.2) is 0 Å². The number of nitrogens with zero attached hydrogens (tertiary/aromatic N) is 1. The molecular formula is C13H14N2O5S. The van der Waals surface area contributed by atoms with E-state index in [0.29, 0.717) is 0 Å². The fourth-order valence-corrected chi connectivity index (χ4v) is 2.64. The van der Waals surface area contributed by atoms with Crippen LogP contribution in [0.25, 0.3) is 0 Å². The third kappa shape index (κ3) is 3.27. The number of hydrogen-bond acceptors (Lipinski definition) is 6. The van der Waals surface area contributed by atoms with Crippen LogP contribution >= 0.6 is 11.8 Å². The van der Waals surface area contributed by atoms with Crippen molar-refractivity contribution in [1.82, 2.24) is 10.2 Å². The molecule has 112 valence electrons. The molecule has 0 radical (unpaired) electrons. The first-order valence-corrected chi connectivity index (χ1v) is 7.14. The second-order valence-electron chi connectivity index (χ2n) is 4.21. The van der Waals surface area contributed by atoms with E-state index in [1.165, 1.54) is 13.2 Å². The first kappa shape index (κ1) is 15.2. The highest BCUT2D eigenvalue weighted by Crippen LogP contribution is 2.26. The molecule has 1 aromatic carbocycles. The minimum Gasteiger partial charge on any atom is -0.507 e. The smallest absolute Gasteiger partial charge is 0.288 e. The Balaban J connectivity index is 1.96. The first-order valence-electron chi connectivity index (χ1n) is 6.16. The van der Waals surface area contributed by atoms with E-state index < -0.39 is 5.91 Å². The van der Waals surface area contributed by atoms with E-state index in [1.54, 1.807) is 12.1 Å². The van der Waals surface area contributed by atoms with Crippen molar-refractivity contribution in [3.63, 3.8) is 0 Å². The van der Waals surface area contributed by atoms with Gasteiger partial charge in [0.05, 0.1) is 12.9 Å². The predicted octanol–water partition coefficient (Wildman–Crippen LogP) is 0.826. The van der Waals surface area contributed by atoms with Crippen LogP contribution in [-0.2, 0) is 4.79 Å². The highest BCUT2D eigenvalue weighted by atomic mass is 32.2. The maximum Gasteiger partial charge on any atom is 0.288 e. The van der Waals surface area contributed by atoms with Crippen molar-refractivity contribution in [2.24, 2.45) is 0 Å². The summed E-state index contributed by atoms with van der Waals surface area (Å²) < 4.78 is 5.02. The molecule has 0 atom stereocenters. The maximum absolute atomic E-state index is 12.0. The molecule has 3 amide bonds. The number of phenolic OH excluding ortho intramolecular Hbond substituents is 1. The monoisotopic (exact) mass is 310 g/mol. The summed E-state index contributed by atoms with van der Waals surface area (Å²) in [6.07, 6.45) is 0. The van der Waals surface area contributed by atoms with Gasteiger partial charge < -0.3 is 15.2 Å². The van der Waals surface area contributed by atoms with Gasteiger partial charge in [0.15, 0.2) is 0 Å². The molecule has 0 aromatic heterocycles. The molecule has 1 aliphatic rings. The Labute approximate surface area is 125 Å². The van der Waals surface area contributed by atoms with Crippen LogP contribution in [0.4, 0.5) is 4.79 Å². The van der Waals surface area contributed by atoms with Crippen LogP contribution in [-0.4, -0.2) is 53.0 Å². The molecular weight excluding hydrogens is 296 g/mol. The normalized spacial score (nSPS) is 14.4. The number of carbonyl (C=O) groups excluding carboxylic acids is 3. The Morgan fingerprint density at radius 1 is 1.48 bits per heavy atom. The van der Waals surface area contributed by atoms with Crippen molar-refractivity contribution >= 4 is 28.8 Å². The minimum absolute atomic E-state index is 0.0217. The van der Waals surface area contributed by atoms with Crippen LogP contribution in [0.1, 0.15) is 10.4 Å². The van der Waals surface area contributed by atoms with E-state index in [-0.39, 0.29) is 47.1 Å². The molecule has 0 bridgehead atoms. The van der Waals surface area contributed by atoms with Gasteiger partial charge >= 0.3 is 0 Å². The second kappa shape index (κ2) is 6.49. The van der Waals surface area contributed by atoms with Crippen LogP contribution in [0.5, 0.6) is 11.5 Å². The van der Waals surface area contributed by atoms with Crippen molar-refractivity contribution in [3.05, 3.63) is 23.8 Å². The Kier molecular flexibility index (Phi) is 4.69. The number of imide groups is 1. The lowest BCUT2D eigenvalue weighted by Gasteiger charge is -2.14. The van der Waals surface area contributed by atoms with Crippen molar-refractivity contribution in [1.29, 1.82) is 0 Å². The summed E-state index contributed by atoms with van der Waals surface area (Å²) in [5.74, 6) is -0.608. The summed E-state index contributed by atoms with van der Waals surface area (Å²) in [5.41, 5.74) is 0.0217. The van der Waals surface area contributed by atoms with Gasteiger partial charge in [-0.1, -0.05) is 17.8 Å². The van der Waals surface area contributed by atoms with Crippen LogP contribution in [0, 0.1) is 0 Å². The summed E-state index contributed by atoms with van der Waals surface area (Å²) in [6.45, 7) is 0.209. The lowest BCUT2D eigenvalue weighted by molar-refractivity contribution is -0.124. The van der Waals surface area contributed by atoms with Crippen LogP contribution in [0.3, 0.4) is 0 Å². The fourth-order valence-electron chi connectivity index (χ4n) is 1.88.